The highest BCUT2D eigenvalue weighted by atomic mass is 28.4. The standard InChI is InChI=1S/C14H24O3Si/c1-15-9-10-16-11-12-17-18(2,3)13-14-7-5-4-6-8-14/h4-8H,9-13H2,1-3H3. The number of benzene rings is 1. The molecule has 1 rings (SSSR count). The van der Waals surface area contributed by atoms with Crippen LogP contribution in [0.2, 0.25) is 13.1 Å². The van der Waals surface area contributed by atoms with E-state index in [9.17, 15) is 0 Å². The minimum atomic E-state index is -1.62. The lowest BCUT2D eigenvalue weighted by molar-refractivity contribution is 0.0529. The van der Waals surface area contributed by atoms with Gasteiger partial charge in [0.15, 0.2) is 8.32 Å². The van der Waals surface area contributed by atoms with Gasteiger partial charge in [-0.15, -0.1) is 0 Å². The molecule has 0 aromatic heterocycles. The first-order valence-corrected chi connectivity index (χ1v) is 9.50. The summed E-state index contributed by atoms with van der Waals surface area (Å²) in [5.41, 5.74) is 1.36. The maximum Gasteiger partial charge on any atom is 0.191 e. The second kappa shape index (κ2) is 8.42. The Hall–Kier alpha value is -0.683. The third kappa shape index (κ3) is 6.91. The molecule has 0 radical (unpaired) electrons. The first-order chi connectivity index (χ1) is 8.64. The quantitative estimate of drug-likeness (QED) is 0.509. The predicted octanol–water partition coefficient (Wildman–Crippen LogP) is 2.65. The van der Waals surface area contributed by atoms with Crippen molar-refractivity contribution in [3.05, 3.63) is 35.9 Å². The topological polar surface area (TPSA) is 27.7 Å². The molecule has 0 spiro atoms. The van der Waals surface area contributed by atoms with Gasteiger partial charge in [-0.1, -0.05) is 30.3 Å². The van der Waals surface area contributed by atoms with Crippen LogP contribution in [0.25, 0.3) is 0 Å². The summed E-state index contributed by atoms with van der Waals surface area (Å²) in [6.45, 7) is 7.10. The zero-order chi connectivity index (χ0) is 13.3. The van der Waals surface area contributed by atoms with E-state index >= 15 is 0 Å². The van der Waals surface area contributed by atoms with Gasteiger partial charge in [-0.3, -0.25) is 0 Å². The highest BCUT2D eigenvalue weighted by molar-refractivity contribution is 6.70. The van der Waals surface area contributed by atoms with E-state index < -0.39 is 8.32 Å². The van der Waals surface area contributed by atoms with Gasteiger partial charge >= 0.3 is 0 Å². The van der Waals surface area contributed by atoms with Gasteiger partial charge in [0.1, 0.15) is 0 Å². The van der Waals surface area contributed by atoms with Crippen LogP contribution in [0.1, 0.15) is 5.56 Å². The normalized spacial score (nSPS) is 11.7. The summed E-state index contributed by atoms with van der Waals surface area (Å²) in [6, 6.07) is 11.6. The second-order valence-corrected chi connectivity index (χ2v) is 9.04. The number of hydrogen-bond donors (Lipinski definition) is 0. The highest BCUT2D eigenvalue weighted by Crippen LogP contribution is 2.12. The van der Waals surface area contributed by atoms with Crippen molar-refractivity contribution in [3.63, 3.8) is 0 Å². The summed E-state index contributed by atoms with van der Waals surface area (Å²) in [5, 5.41) is 0. The Kier molecular flexibility index (Phi) is 7.20. The van der Waals surface area contributed by atoms with Crippen molar-refractivity contribution >= 4 is 8.32 Å². The molecule has 0 unspecified atom stereocenters. The van der Waals surface area contributed by atoms with Gasteiger partial charge in [0.05, 0.1) is 26.4 Å². The second-order valence-electron chi connectivity index (χ2n) is 4.88. The van der Waals surface area contributed by atoms with Gasteiger partial charge in [0.25, 0.3) is 0 Å². The molecule has 0 saturated heterocycles. The van der Waals surface area contributed by atoms with Crippen LogP contribution in [0, 0.1) is 0 Å². The molecule has 0 aliphatic rings. The SMILES string of the molecule is COCCOCCO[Si](C)(C)Cc1ccccc1. The fraction of sp³-hybridized carbons (Fsp3) is 0.571. The molecular weight excluding hydrogens is 244 g/mol. The van der Waals surface area contributed by atoms with Gasteiger partial charge in [0.2, 0.25) is 0 Å². The van der Waals surface area contributed by atoms with Gasteiger partial charge in [-0.2, -0.15) is 0 Å². The van der Waals surface area contributed by atoms with E-state index in [1.54, 1.807) is 7.11 Å². The summed E-state index contributed by atoms with van der Waals surface area (Å²) in [6.07, 6.45) is 0. The van der Waals surface area contributed by atoms with Crippen LogP contribution in [0.3, 0.4) is 0 Å². The van der Waals surface area contributed by atoms with Gasteiger partial charge in [0, 0.05) is 7.11 Å². The van der Waals surface area contributed by atoms with Crippen molar-refractivity contribution in [3.8, 4) is 0 Å². The maximum atomic E-state index is 5.99. The average molecular weight is 268 g/mol. The first kappa shape index (κ1) is 15.4. The summed E-state index contributed by atoms with van der Waals surface area (Å²) < 4.78 is 16.3. The lowest BCUT2D eigenvalue weighted by atomic mass is 10.2. The van der Waals surface area contributed by atoms with Gasteiger partial charge in [-0.05, 0) is 24.7 Å². The van der Waals surface area contributed by atoms with E-state index in [0.717, 1.165) is 6.04 Å². The monoisotopic (exact) mass is 268 g/mol. The molecule has 18 heavy (non-hydrogen) atoms. The molecule has 0 saturated carbocycles. The Morgan fingerprint density at radius 3 is 2.28 bits per heavy atom. The minimum Gasteiger partial charge on any atom is -0.415 e. The molecule has 0 aliphatic heterocycles. The lowest BCUT2D eigenvalue weighted by Gasteiger charge is -2.23. The van der Waals surface area contributed by atoms with Gasteiger partial charge in [-0.25, -0.2) is 0 Å². The fourth-order valence-electron chi connectivity index (χ4n) is 1.76. The van der Waals surface area contributed by atoms with Crippen LogP contribution in [0.5, 0.6) is 0 Å². The number of ether oxygens (including phenoxy) is 2. The Labute approximate surface area is 111 Å². The van der Waals surface area contributed by atoms with Crippen LogP contribution in [-0.2, 0) is 19.9 Å². The molecule has 0 bridgehead atoms. The first-order valence-electron chi connectivity index (χ1n) is 6.38. The summed E-state index contributed by atoms with van der Waals surface area (Å²) in [4.78, 5) is 0. The third-order valence-electron chi connectivity index (χ3n) is 2.62. The molecule has 0 amide bonds. The molecule has 0 aliphatic carbocycles. The highest BCUT2D eigenvalue weighted by Gasteiger charge is 2.22. The molecule has 0 atom stereocenters. The Morgan fingerprint density at radius 1 is 0.944 bits per heavy atom. The number of rotatable bonds is 9. The van der Waals surface area contributed by atoms with E-state index in [2.05, 4.69) is 37.4 Å². The zero-order valence-corrected chi connectivity index (χ0v) is 12.6. The van der Waals surface area contributed by atoms with E-state index in [1.165, 1.54) is 5.56 Å². The van der Waals surface area contributed by atoms with E-state index in [-0.39, 0.29) is 0 Å². The van der Waals surface area contributed by atoms with Crippen LogP contribution < -0.4 is 0 Å². The molecule has 4 heteroatoms. The van der Waals surface area contributed by atoms with Crippen molar-refractivity contribution in [1.82, 2.24) is 0 Å². The summed E-state index contributed by atoms with van der Waals surface area (Å²) in [7, 11) is 0.0524. The number of hydrogen-bond acceptors (Lipinski definition) is 3. The Bertz CT molecular complexity index is 314. The predicted molar refractivity (Wildman–Crippen MR) is 76.3 cm³/mol. The Morgan fingerprint density at radius 2 is 1.61 bits per heavy atom. The van der Waals surface area contributed by atoms with Crippen LogP contribution in [-0.4, -0.2) is 41.9 Å². The van der Waals surface area contributed by atoms with E-state index in [0.29, 0.717) is 26.4 Å². The Balaban J connectivity index is 2.19. The zero-order valence-electron chi connectivity index (χ0n) is 11.6. The smallest absolute Gasteiger partial charge is 0.191 e. The van der Waals surface area contributed by atoms with Crippen molar-refractivity contribution in [2.75, 3.05) is 33.5 Å². The van der Waals surface area contributed by atoms with Gasteiger partial charge < -0.3 is 13.9 Å². The molecular formula is C14H24O3Si. The van der Waals surface area contributed by atoms with Crippen molar-refractivity contribution < 1.29 is 13.9 Å². The van der Waals surface area contributed by atoms with Crippen molar-refractivity contribution in [2.45, 2.75) is 19.1 Å². The van der Waals surface area contributed by atoms with Crippen LogP contribution in [0.4, 0.5) is 0 Å². The summed E-state index contributed by atoms with van der Waals surface area (Å²) >= 11 is 0. The van der Waals surface area contributed by atoms with E-state index in [1.807, 2.05) is 6.07 Å². The van der Waals surface area contributed by atoms with E-state index in [4.69, 9.17) is 13.9 Å². The van der Waals surface area contributed by atoms with Crippen molar-refractivity contribution in [2.24, 2.45) is 0 Å². The molecule has 102 valence electrons. The largest absolute Gasteiger partial charge is 0.415 e. The minimum absolute atomic E-state index is 0.639. The molecule has 3 nitrogen and oxygen atoms in total. The molecule has 1 aromatic rings. The molecule has 0 N–H and O–H groups in total. The van der Waals surface area contributed by atoms with Crippen LogP contribution >= 0.6 is 0 Å². The maximum absolute atomic E-state index is 5.99. The fourth-order valence-corrected chi connectivity index (χ4v) is 3.72. The molecule has 1 aromatic carbocycles. The lowest BCUT2D eigenvalue weighted by Crippen LogP contribution is -2.35. The summed E-state index contributed by atoms with van der Waals surface area (Å²) in [5.74, 6) is 0. The van der Waals surface area contributed by atoms with Crippen molar-refractivity contribution in [1.29, 1.82) is 0 Å². The molecule has 0 fully saturated rings. The third-order valence-corrected chi connectivity index (χ3v) is 4.87. The number of methoxy groups -OCH3 is 1. The van der Waals surface area contributed by atoms with Crippen LogP contribution in [0.15, 0.2) is 30.3 Å². The average Bonchev–Trinajstić information content (AvgIpc) is 2.34. The molecule has 0 heterocycles.